The number of likely N-dealkylation sites (tertiary alicyclic amines) is 1. The molecule has 1 amide bonds. The summed E-state index contributed by atoms with van der Waals surface area (Å²) in [6, 6.07) is 10.9. The smallest absolute Gasteiger partial charge is 0.408 e. The van der Waals surface area contributed by atoms with Crippen molar-refractivity contribution >= 4 is 6.09 Å². The molecule has 1 unspecified atom stereocenters. The van der Waals surface area contributed by atoms with Gasteiger partial charge in [0.15, 0.2) is 0 Å². The fourth-order valence-electron chi connectivity index (χ4n) is 3.97. The minimum absolute atomic E-state index is 0.201. The summed E-state index contributed by atoms with van der Waals surface area (Å²) in [5.74, 6) is 0. The molecular formula is C20H30N2O2. The number of rotatable bonds is 3. The molecule has 1 saturated heterocycles. The molecule has 24 heavy (non-hydrogen) atoms. The summed E-state index contributed by atoms with van der Waals surface area (Å²) in [5, 5.41) is 3.20. The van der Waals surface area contributed by atoms with Gasteiger partial charge >= 0.3 is 6.09 Å². The minimum atomic E-state index is -0.465. The normalized spacial score (nSPS) is 27.0. The second-order valence-electron chi connectivity index (χ2n) is 8.73. The van der Waals surface area contributed by atoms with Crippen LogP contribution in [-0.4, -0.2) is 35.2 Å². The average Bonchev–Trinajstić information content (AvgIpc) is 3.20. The van der Waals surface area contributed by atoms with E-state index in [0.29, 0.717) is 6.04 Å². The molecule has 1 spiro atoms. The molecule has 2 atom stereocenters. The Morgan fingerprint density at radius 1 is 1.21 bits per heavy atom. The molecule has 4 nitrogen and oxygen atoms in total. The van der Waals surface area contributed by atoms with Gasteiger partial charge in [0.05, 0.1) is 5.54 Å². The molecule has 1 aromatic carbocycles. The Morgan fingerprint density at radius 3 is 2.38 bits per heavy atom. The van der Waals surface area contributed by atoms with Crippen LogP contribution in [0.5, 0.6) is 0 Å². The van der Waals surface area contributed by atoms with Gasteiger partial charge in [0.1, 0.15) is 5.60 Å². The SMILES string of the molecule is CC(c1ccccc1)N1CC2(CC2)[C@](C)(NC(=O)OC(C)(C)C)C1. The molecule has 1 heterocycles. The van der Waals surface area contributed by atoms with Gasteiger partial charge in [-0.1, -0.05) is 30.3 Å². The highest BCUT2D eigenvalue weighted by Gasteiger charge is 2.63. The third-order valence-electron chi connectivity index (χ3n) is 5.66. The first-order chi connectivity index (χ1) is 11.1. The second-order valence-corrected chi connectivity index (χ2v) is 8.73. The van der Waals surface area contributed by atoms with E-state index in [-0.39, 0.29) is 17.0 Å². The van der Waals surface area contributed by atoms with Gasteiger partial charge in [0.25, 0.3) is 0 Å². The van der Waals surface area contributed by atoms with E-state index in [4.69, 9.17) is 4.74 Å². The first-order valence-corrected chi connectivity index (χ1v) is 8.94. The van der Waals surface area contributed by atoms with E-state index in [1.807, 2.05) is 20.8 Å². The lowest BCUT2D eigenvalue weighted by molar-refractivity contribution is 0.0435. The zero-order chi connectivity index (χ0) is 17.6. The van der Waals surface area contributed by atoms with Gasteiger partial charge in [-0.05, 0) is 53.0 Å². The third-order valence-corrected chi connectivity index (χ3v) is 5.66. The molecule has 1 saturated carbocycles. The van der Waals surface area contributed by atoms with Gasteiger partial charge in [-0.25, -0.2) is 4.79 Å². The number of benzene rings is 1. The topological polar surface area (TPSA) is 41.6 Å². The molecule has 1 N–H and O–H groups in total. The predicted octanol–water partition coefficient (Wildman–Crippen LogP) is 4.13. The van der Waals surface area contributed by atoms with E-state index >= 15 is 0 Å². The molecule has 4 heteroatoms. The molecule has 3 rings (SSSR count). The van der Waals surface area contributed by atoms with E-state index in [9.17, 15) is 4.79 Å². The van der Waals surface area contributed by atoms with Crippen LogP contribution in [0.1, 0.15) is 59.1 Å². The van der Waals surface area contributed by atoms with E-state index in [1.165, 1.54) is 18.4 Å². The average molecular weight is 330 g/mol. The molecule has 0 aromatic heterocycles. The number of carbonyl (C=O) groups is 1. The van der Waals surface area contributed by atoms with Gasteiger partial charge in [-0.3, -0.25) is 4.90 Å². The molecule has 132 valence electrons. The summed E-state index contributed by atoms with van der Waals surface area (Å²) < 4.78 is 5.50. The largest absolute Gasteiger partial charge is 0.444 e. The maximum atomic E-state index is 12.3. The van der Waals surface area contributed by atoms with Gasteiger partial charge in [-0.2, -0.15) is 0 Å². The van der Waals surface area contributed by atoms with Crippen molar-refractivity contribution in [3.8, 4) is 0 Å². The monoisotopic (exact) mass is 330 g/mol. The van der Waals surface area contributed by atoms with Crippen molar-refractivity contribution in [2.24, 2.45) is 5.41 Å². The fourth-order valence-corrected chi connectivity index (χ4v) is 3.97. The second kappa shape index (κ2) is 5.76. The van der Waals surface area contributed by atoms with E-state index < -0.39 is 5.60 Å². The number of amides is 1. The Bertz CT molecular complexity index is 604. The molecule has 2 fully saturated rings. The number of carbonyl (C=O) groups excluding carboxylic acids is 1. The summed E-state index contributed by atoms with van der Waals surface area (Å²) >= 11 is 0. The number of hydrogen-bond donors (Lipinski definition) is 1. The third kappa shape index (κ3) is 3.30. The fraction of sp³-hybridized carbons (Fsp3) is 0.650. The van der Waals surface area contributed by atoms with Crippen molar-refractivity contribution < 1.29 is 9.53 Å². The Morgan fingerprint density at radius 2 is 1.83 bits per heavy atom. The number of hydrogen-bond acceptors (Lipinski definition) is 3. The molecule has 1 aliphatic heterocycles. The Balaban J connectivity index is 1.72. The van der Waals surface area contributed by atoms with Crippen LogP contribution in [0.3, 0.4) is 0 Å². The minimum Gasteiger partial charge on any atom is -0.444 e. The number of alkyl carbamates (subject to hydrolysis) is 1. The molecule has 2 aliphatic rings. The predicted molar refractivity (Wildman–Crippen MR) is 95.9 cm³/mol. The maximum Gasteiger partial charge on any atom is 0.408 e. The van der Waals surface area contributed by atoms with Gasteiger partial charge in [0, 0.05) is 24.5 Å². The van der Waals surface area contributed by atoms with Crippen LogP contribution in [-0.2, 0) is 4.74 Å². The van der Waals surface area contributed by atoms with Crippen molar-refractivity contribution in [3.05, 3.63) is 35.9 Å². The molecule has 1 aromatic rings. The van der Waals surface area contributed by atoms with E-state index in [0.717, 1.165) is 13.1 Å². The highest BCUT2D eigenvalue weighted by molar-refractivity contribution is 5.69. The lowest BCUT2D eigenvalue weighted by atomic mass is 9.86. The van der Waals surface area contributed by atoms with Crippen molar-refractivity contribution in [3.63, 3.8) is 0 Å². The standard InChI is InChI=1S/C20H30N2O2/c1-15(16-9-7-6-8-10-16)22-13-19(5,20(14-22)11-12-20)21-17(23)24-18(2,3)4/h6-10,15H,11-14H2,1-5H3,(H,21,23)/t15?,19-/m1/s1. The van der Waals surface area contributed by atoms with Crippen molar-refractivity contribution in [1.29, 1.82) is 0 Å². The molecule has 1 aliphatic carbocycles. The van der Waals surface area contributed by atoms with Gasteiger partial charge < -0.3 is 10.1 Å². The summed E-state index contributed by atoms with van der Waals surface area (Å²) in [5.41, 5.74) is 0.841. The number of nitrogens with zero attached hydrogens (tertiary/aromatic N) is 1. The van der Waals surface area contributed by atoms with Gasteiger partial charge in [0.2, 0.25) is 0 Å². The number of ether oxygens (including phenoxy) is 1. The van der Waals surface area contributed by atoms with Crippen LogP contribution in [0.2, 0.25) is 0 Å². The van der Waals surface area contributed by atoms with E-state index in [2.05, 4.69) is 54.4 Å². The highest BCUT2D eigenvalue weighted by Crippen LogP contribution is 2.59. The van der Waals surface area contributed by atoms with Gasteiger partial charge in [-0.15, -0.1) is 0 Å². The van der Waals surface area contributed by atoms with Crippen LogP contribution >= 0.6 is 0 Å². The summed E-state index contributed by atoms with van der Waals surface area (Å²) in [4.78, 5) is 14.8. The summed E-state index contributed by atoms with van der Waals surface area (Å²) in [7, 11) is 0. The lowest BCUT2D eigenvalue weighted by Crippen LogP contribution is -2.54. The zero-order valence-electron chi connectivity index (χ0n) is 15.6. The molecule has 0 radical (unpaired) electrons. The Labute approximate surface area is 145 Å². The van der Waals surface area contributed by atoms with Crippen LogP contribution < -0.4 is 5.32 Å². The summed E-state index contributed by atoms with van der Waals surface area (Å²) in [6.45, 7) is 12.0. The van der Waals surface area contributed by atoms with Crippen molar-refractivity contribution in [1.82, 2.24) is 10.2 Å². The van der Waals surface area contributed by atoms with Crippen molar-refractivity contribution in [2.45, 2.75) is 64.6 Å². The quantitative estimate of drug-likeness (QED) is 0.906. The van der Waals surface area contributed by atoms with Crippen molar-refractivity contribution in [2.75, 3.05) is 13.1 Å². The first-order valence-electron chi connectivity index (χ1n) is 8.94. The van der Waals surface area contributed by atoms with Crippen LogP contribution in [0.4, 0.5) is 4.79 Å². The first kappa shape index (κ1) is 17.3. The maximum absolute atomic E-state index is 12.3. The Hall–Kier alpha value is -1.55. The number of nitrogens with one attached hydrogen (secondary N) is 1. The lowest BCUT2D eigenvalue weighted by Gasteiger charge is -2.33. The highest BCUT2D eigenvalue weighted by atomic mass is 16.6. The summed E-state index contributed by atoms with van der Waals surface area (Å²) in [6.07, 6.45) is 2.06. The molecule has 0 bridgehead atoms. The van der Waals surface area contributed by atoms with Crippen LogP contribution in [0.15, 0.2) is 30.3 Å². The zero-order valence-corrected chi connectivity index (χ0v) is 15.6. The van der Waals surface area contributed by atoms with Crippen LogP contribution in [0, 0.1) is 5.41 Å². The van der Waals surface area contributed by atoms with E-state index in [1.54, 1.807) is 0 Å². The van der Waals surface area contributed by atoms with Crippen LogP contribution in [0.25, 0.3) is 0 Å². The Kier molecular flexibility index (Phi) is 4.15. The molecular weight excluding hydrogens is 300 g/mol.